The van der Waals surface area contributed by atoms with Crippen LogP contribution in [0.1, 0.15) is 37.8 Å². The normalized spacial score (nSPS) is 12.1. The van der Waals surface area contributed by atoms with E-state index in [2.05, 4.69) is 24.3 Å². The number of benzene rings is 1. The monoisotopic (exact) mass is 253 g/mol. The quantitative estimate of drug-likeness (QED) is 0.315. The standard InChI is InChI=1S/C13H20FN3O/c1-3-11(4-2)16-8-10-6-5-9(7-12(10)14)13(15)17-18/h5-7,11,16,18H,3-4,8H2,1-2H3,(H2,15,17). The molecule has 0 saturated heterocycles. The maximum Gasteiger partial charge on any atom is 0.170 e. The van der Waals surface area contributed by atoms with Crippen molar-refractivity contribution in [2.75, 3.05) is 0 Å². The van der Waals surface area contributed by atoms with E-state index >= 15 is 0 Å². The van der Waals surface area contributed by atoms with Gasteiger partial charge in [-0.15, -0.1) is 0 Å². The van der Waals surface area contributed by atoms with Gasteiger partial charge in [0.25, 0.3) is 0 Å². The van der Waals surface area contributed by atoms with Crippen LogP contribution in [-0.4, -0.2) is 17.1 Å². The van der Waals surface area contributed by atoms with Crippen LogP contribution in [0.3, 0.4) is 0 Å². The van der Waals surface area contributed by atoms with E-state index in [0.717, 1.165) is 12.8 Å². The summed E-state index contributed by atoms with van der Waals surface area (Å²) in [6, 6.07) is 4.96. The molecule has 0 unspecified atom stereocenters. The fourth-order valence-corrected chi connectivity index (χ4v) is 1.74. The molecule has 100 valence electrons. The molecule has 1 rings (SSSR count). The predicted molar refractivity (Wildman–Crippen MR) is 70.1 cm³/mol. The number of oxime groups is 1. The Kier molecular flexibility index (Phi) is 5.58. The van der Waals surface area contributed by atoms with Crippen molar-refractivity contribution in [3.8, 4) is 0 Å². The van der Waals surface area contributed by atoms with E-state index in [1.807, 2.05) is 0 Å². The number of halogens is 1. The Hall–Kier alpha value is -1.62. The topological polar surface area (TPSA) is 70.6 Å². The van der Waals surface area contributed by atoms with Gasteiger partial charge in [0, 0.05) is 23.7 Å². The first-order chi connectivity index (χ1) is 8.62. The van der Waals surface area contributed by atoms with Crippen LogP contribution in [0.5, 0.6) is 0 Å². The number of hydrogen-bond acceptors (Lipinski definition) is 3. The second-order valence-electron chi connectivity index (χ2n) is 4.19. The van der Waals surface area contributed by atoms with Gasteiger partial charge in [-0.05, 0) is 18.9 Å². The van der Waals surface area contributed by atoms with Crippen molar-refractivity contribution < 1.29 is 9.60 Å². The first-order valence-corrected chi connectivity index (χ1v) is 6.12. The third-order valence-corrected chi connectivity index (χ3v) is 3.02. The van der Waals surface area contributed by atoms with E-state index in [1.54, 1.807) is 12.1 Å². The highest BCUT2D eigenvalue weighted by atomic mass is 19.1. The van der Waals surface area contributed by atoms with Crippen molar-refractivity contribution in [1.29, 1.82) is 0 Å². The maximum atomic E-state index is 13.8. The molecule has 5 heteroatoms. The molecule has 1 aromatic rings. The lowest BCUT2D eigenvalue weighted by atomic mass is 10.1. The molecule has 1 aromatic carbocycles. The summed E-state index contributed by atoms with van der Waals surface area (Å²) >= 11 is 0. The van der Waals surface area contributed by atoms with Gasteiger partial charge in [-0.3, -0.25) is 0 Å². The first kappa shape index (κ1) is 14.4. The van der Waals surface area contributed by atoms with Crippen molar-refractivity contribution >= 4 is 5.84 Å². The number of nitrogens with two attached hydrogens (primary N) is 1. The van der Waals surface area contributed by atoms with E-state index < -0.39 is 0 Å². The van der Waals surface area contributed by atoms with E-state index in [9.17, 15) is 4.39 Å². The minimum atomic E-state index is -0.349. The molecule has 0 heterocycles. The third-order valence-electron chi connectivity index (χ3n) is 3.02. The van der Waals surface area contributed by atoms with Crippen molar-refractivity contribution in [3.63, 3.8) is 0 Å². The molecule has 4 N–H and O–H groups in total. The van der Waals surface area contributed by atoms with Crippen LogP contribution in [0.2, 0.25) is 0 Å². The Balaban J connectivity index is 2.74. The summed E-state index contributed by atoms with van der Waals surface area (Å²) in [6.45, 7) is 4.67. The van der Waals surface area contributed by atoms with E-state index in [-0.39, 0.29) is 11.7 Å². The van der Waals surface area contributed by atoms with Gasteiger partial charge in [-0.25, -0.2) is 4.39 Å². The molecule has 0 saturated carbocycles. The SMILES string of the molecule is CCC(CC)NCc1ccc(/C(N)=N/O)cc1F. The molecule has 4 nitrogen and oxygen atoms in total. The molecule has 0 aromatic heterocycles. The molecule has 0 aliphatic carbocycles. The number of hydrogen-bond donors (Lipinski definition) is 3. The Labute approximate surface area is 107 Å². The second kappa shape index (κ2) is 6.96. The van der Waals surface area contributed by atoms with Gasteiger partial charge >= 0.3 is 0 Å². The zero-order valence-corrected chi connectivity index (χ0v) is 10.8. The summed E-state index contributed by atoms with van der Waals surface area (Å²) in [5.41, 5.74) is 6.35. The highest BCUT2D eigenvalue weighted by Gasteiger charge is 2.08. The lowest BCUT2D eigenvalue weighted by Gasteiger charge is -2.15. The summed E-state index contributed by atoms with van der Waals surface area (Å²) in [6.07, 6.45) is 2.03. The minimum Gasteiger partial charge on any atom is -0.409 e. The van der Waals surface area contributed by atoms with Gasteiger partial charge in [0.2, 0.25) is 0 Å². The minimum absolute atomic E-state index is 0.0894. The van der Waals surface area contributed by atoms with E-state index in [1.165, 1.54) is 6.07 Å². The molecule has 0 atom stereocenters. The predicted octanol–water partition coefficient (Wildman–Crippen LogP) is 2.20. The number of amidine groups is 1. The van der Waals surface area contributed by atoms with Gasteiger partial charge in [0.1, 0.15) is 5.82 Å². The fourth-order valence-electron chi connectivity index (χ4n) is 1.74. The molecule has 18 heavy (non-hydrogen) atoms. The Morgan fingerprint density at radius 2 is 2.11 bits per heavy atom. The first-order valence-electron chi connectivity index (χ1n) is 6.12. The lowest BCUT2D eigenvalue weighted by Crippen LogP contribution is -2.27. The van der Waals surface area contributed by atoms with Crippen LogP contribution >= 0.6 is 0 Å². The van der Waals surface area contributed by atoms with Crippen molar-refractivity contribution in [3.05, 3.63) is 35.1 Å². The molecule has 0 bridgehead atoms. The third kappa shape index (κ3) is 3.70. The van der Waals surface area contributed by atoms with Gasteiger partial charge in [0.05, 0.1) is 0 Å². The average Bonchev–Trinajstić information content (AvgIpc) is 2.40. The summed E-state index contributed by atoms with van der Waals surface area (Å²) in [4.78, 5) is 0. The fraction of sp³-hybridized carbons (Fsp3) is 0.462. The van der Waals surface area contributed by atoms with Crippen LogP contribution in [0.15, 0.2) is 23.4 Å². The smallest absolute Gasteiger partial charge is 0.170 e. The van der Waals surface area contributed by atoms with Crippen LogP contribution in [0.25, 0.3) is 0 Å². The highest BCUT2D eigenvalue weighted by molar-refractivity contribution is 5.97. The largest absolute Gasteiger partial charge is 0.409 e. The zero-order chi connectivity index (χ0) is 13.5. The molecular formula is C13H20FN3O. The number of rotatable bonds is 6. The second-order valence-corrected chi connectivity index (χ2v) is 4.19. The zero-order valence-electron chi connectivity index (χ0n) is 10.8. The van der Waals surface area contributed by atoms with Crippen molar-refractivity contribution in [2.24, 2.45) is 10.9 Å². The Morgan fingerprint density at radius 3 is 2.61 bits per heavy atom. The van der Waals surface area contributed by atoms with Crippen LogP contribution in [0.4, 0.5) is 4.39 Å². The van der Waals surface area contributed by atoms with Crippen LogP contribution < -0.4 is 11.1 Å². The highest BCUT2D eigenvalue weighted by Crippen LogP contribution is 2.11. The summed E-state index contributed by atoms with van der Waals surface area (Å²) in [5.74, 6) is -0.439. The summed E-state index contributed by atoms with van der Waals surface area (Å²) in [5, 5.41) is 14.6. The molecular weight excluding hydrogens is 233 g/mol. The van der Waals surface area contributed by atoms with E-state index in [0.29, 0.717) is 23.7 Å². The average molecular weight is 253 g/mol. The Morgan fingerprint density at radius 1 is 1.44 bits per heavy atom. The molecule has 0 aliphatic heterocycles. The summed E-state index contributed by atoms with van der Waals surface area (Å²) in [7, 11) is 0. The maximum absolute atomic E-state index is 13.8. The summed E-state index contributed by atoms with van der Waals surface area (Å²) < 4.78 is 13.8. The van der Waals surface area contributed by atoms with Crippen LogP contribution in [-0.2, 0) is 6.54 Å². The van der Waals surface area contributed by atoms with Gasteiger partial charge in [-0.2, -0.15) is 0 Å². The molecule has 0 amide bonds. The molecule has 0 spiro atoms. The molecule has 0 aliphatic rings. The molecule has 0 fully saturated rings. The lowest BCUT2D eigenvalue weighted by molar-refractivity contribution is 0.318. The van der Waals surface area contributed by atoms with Crippen molar-refractivity contribution in [1.82, 2.24) is 5.32 Å². The number of nitrogens with zero attached hydrogens (tertiary/aromatic N) is 1. The van der Waals surface area contributed by atoms with Gasteiger partial charge in [0.15, 0.2) is 5.84 Å². The van der Waals surface area contributed by atoms with E-state index in [4.69, 9.17) is 10.9 Å². The number of nitrogens with one attached hydrogen (secondary N) is 1. The van der Waals surface area contributed by atoms with Gasteiger partial charge < -0.3 is 16.3 Å². The van der Waals surface area contributed by atoms with Crippen LogP contribution in [0, 0.1) is 5.82 Å². The Bertz CT molecular complexity index is 417. The van der Waals surface area contributed by atoms with Gasteiger partial charge in [-0.1, -0.05) is 31.1 Å². The molecule has 0 radical (unpaired) electrons. The van der Waals surface area contributed by atoms with Crippen molar-refractivity contribution in [2.45, 2.75) is 39.3 Å².